The lowest BCUT2D eigenvalue weighted by atomic mass is 9.94. The summed E-state index contributed by atoms with van der Waals surface area (Å²) in [7, 11) is 0. The number of rotatable bonds is 3. The van der Waals surface area contributed by atoms with Crippen LogP contribution in [0.1, 0.15) is 64.6 Å². The fourth-order valence-electron chi connectivity index (χ4n) is 4.95. The van der Waals surface area contributed by atoms with Gasteiger partial charge in [-0.25, -0.2) is 19.6 Å². The van der Waals surface area contributed by atoms with Crippen molar-refractivity contribution in [2.45, 2.75) is 76.8 Å². The molecule has 10 heteroatoms. The number of hydrogen-bond acceptors (Lipinski definition) is 7. The zero-order chi connectivity index (χ0) is 26.7. The molecule has 0 bridgehead atoms. The minimum Gasteiger partial charge on any atom is -0.443 e. The standard InChI is InChI=1S/C25H31N5O4S.C2H6/c1-25(2,3)34-24(32)28-11-9-20(18-7-5-6-8-19(18)28)29-14-16-13-26-22(35-4)27-21(16)30(23(29)31)17-10-12-33-15-17;1-2/h5-8,13,17,20H,9-12,14-15H2,1-4H3;1-2H3. The van der Waals surface area contributed by atoms with E-state index in [1.165, 1.54) is 11.8 Å². The van der Waals surface area contributed by atoms with Gasteiger partial charge in [0.05, 0.1) is 30.9 Å². The van der Waals surface area contributed by atoms with E-state index in [1.54, 1.807) is 9.80 Å². The van der Waals surface area contributed by atoms with Crippen LogP contribution in [0, 0.1) is 0 Å². The number of nitrogens with zero attached hydrogens (tertiary/aromatic N) is 5. The number of anilines is 2. The molecule has 2 unspecified atom stereocenters. The number of carbonyl (C=O) groups excluding carboxylic acids is 2. The van der Waals surface area contributed by atoms with Gasteiger partial charge in [-0.3, -0.25) is 9.80 Å². The molecule has 1 saturated heterocycles. The van der Waals surface area contributed by atoms with Crippen molar-refractivity contribution in [3.05, 3.63) is 41.6 Å². The van der Waals surface area contributed by atoms with Crippen molar-refractivity contribution in [2.24, 2.45) is 0 Å². The number of hydrogen-bond donors (Lipinski definition) is 0. The lowest BCUT2D eigenvalue weighted by Gasteiger charge is -2.45. The number of carbonyl (C=O) groups is 2. The third kappa shape index (κ3) is 5.55. The fraction of sp³-hybridized carbons (Fsp3) is 0.556. The Hall–Kier alpha value is -2.85. The molecule has 0 saturated carbocycles. The molecular weight excluding hydrogens is 490 g/mol. The van der Waals surface area contributed by atoms with Crippen molar-refractivity contribution in [1.82, 2.24) is 14.9 Å². The first-order chi connectivity index (χ1) is 17.8. The predicted molar refractivity (Wildman–Crippen MR) is 145 cm³/mol. The molecule has 5 rings (SSSR count). The van der Waals surface area contributed by atoms with Crippen LogP contribution in [0.4, 0.5) is 21.1 Å². The smallest absolute Gasteiger partial charge is 0.414 e. The molecule has 3 amide bonds. The van der Waals surface area contributed by atoms with Gasteiger partial charge >= 0.3 is 12.1 Å². The highest BCUT2D eigenvalue weighted by molar-refractivity contribution is 7.98. The van der Waals surface area contributed by atoms with Gasteiger partial charge in [-0.2, -0.15) is 0 Å². The molecule has 3 aliphatic rings. The Morgan fingerprint density at radius 3 is 2.62 bits per heavy atom. The summed E-state index contributed by atoms with van der Waals surface area (Å²) in [5.74, 6) is 0.681. The van der Waals surface area contributed by atoms with Crippen molar-refractivity contribution < 1.29 is 19.1 Å². The van der Waals surface area contributed by atoms with E-state index in [2.05, 4.69) is 4.98 Å². The molecule has 3 aliphatic heterocycles. The van der Waals surface area contributed by atoms with Gasteiger partial charge in [0.1, 0.15) is 11.4 Å². The van der Waals surface area contributed by atoms with Crippen molar-refractivity contribution in [3.63, 3.8) is 0 Å². The van der Waals surface area contributed by atoms with Crippen LogP contribution in [-0.2, 0) is 16.0 Å². The summed E-state index contributed by atoms with van der Waals surface area (Å²) in [6.07, 6.45) is 4.76. The van der Waals surface area contributed by atoms with E-state index < -0.39 is 5.60 Å². The summed E-state index contributed by atoms with van der Waals surface area (Å²) in [6, 6.07) is 7.44. The van der Waals surface area contributed by atoms with Gasteiger partial charge in [0.2, 0.25) is 0 Å². The topological polar surface area (TPSA) is 88.1 Å². The molecule has 1 aromatic heterocycles. The van der Waals surface area contributed by atoms with E-state index in [0.717, 1.165) is 23.2 Å². The first-order valence-corrected chi connectivity index (χ1v) is 14.2. The van der Waals surface area contributed by atoms with Gasteiger partial charge in [-0.05, 0) is 51.5 Å². The van der Waals surface area contributed by atoms with Crippen LogP contribution in [0.25, 0.3) is 0 Å². The Labute approximate surface area is 223 Å². The molecule has 4 heterocycles. The van der Waals surface area contributed by atoms with Crippen LogP contribution in [0.2, 0.25) is 0 Å². The second-order valence-electron chi connectivity index (χ2n) is 10.00. The van der Waals surface area contributed by atoms with E-state index in [4.69, 9.17) is 14.5 Å². The van der Waals surface area contributed by atoms with Gasteiger partial charge in [0.15, 0.2) is 5.16 Å². The van der Waals surface area contributed by atoms with E-state index in [9.17, 15) is 9.59 Å². The average Bonchev–Trinajstić information content (AvgIpc) is 3.42. The number of thioether (sulfide) groups is 1. The summed E-state index contributed by atoms with van der Waals surface area (Å²) >= 11 is 1.46. The zero-order valence-corrected chi connectivity index (χ0v) is 23.4. The maximum Gasteiger partial charge on any atom is 0.414 e. The second kappa shape index (κ2) is 11.3. The first kappa shape index (κ1) is 27.2. The van der Waals surface area contributed by atoms with Crippen LogP contribution >= 0.6 is 11.8 Å². The lowest BCUT2D eigenvalue weighted by Crippen LogP contribution is -2.54. The molecule has 2 atom stereocenters. The van der Waals surface area contributed by atoms with Crippen LogP contribution in [-0.4, -0.2) is 64.6 Å². The van der Waals surface area contributed by atoms with Crippen LogP contribution in [0.15, 0.2) is 35.6 Å². The second-order valence-corrected chi connectivity index (χ2v) is 10.8. The number of benzene rings is 1. The van der Waals surface area contributed by atoms with E-state index in [-0.39, 0.29) is 24.2 Å². The third-order valence-corrected chi connectivity index (χ3v) is 7.06. The summed E-state index contributed by atoms with van der Waals surface area (Å²) in [5, 5.41) is 0.643. The molecular formula is C27H37N5O4S. The van der Waals surface area contributed by atoms with Crippen molar-refractivity contribution >= 4 is 35.4 Å². The van der Waals surface area contributed by atoms with Gasteiger partial charge in [-0.1, -0.05) is 43.8 Å². The van der Waals surface area contributed by atoms with Gasteiger partial charge < -0.3 is 14.4 Å². The Morgan fingerprint density at radius 1 is 1.19 bits per heavy atom. The summed E-state index contributed by atoms with van der Waals surface area (Å²) < 4.78 is 11.3. The molecule has 0 aliphatic carbocycles. The highest BCUT2D eigenvalue weighted by Gasteiger charge is 2.43. The SMILES string of the molecule is CC.CSc1ncc2c(n1)N(C1CCOC1)C(=O)N(C1CCN(C(=O)OC(C)(C)C)c3ccccc31)C2. The Balaban J connectivity index is 0.00000156. The molecule has 37 heavy (non-hydrogen) atoms. The largest absolute Gasteiger partial charge is 0.443 e. The number of aromatic nitrogens is 2. The van der Waals surface area contributed by atoms with Gasteiger partial charge in [0, 0.05) is 24.9 Å². The lowest BCUT2D eigenvalue weighted by molar-refractivity contribution is 0.0572. The summed E-state index contributed by atoms with van der Waals surface area (Å²) in [5.41, 5.74) is 2.04. The summed E-state index contributed by atoms with van der Waals surface area (Å²) in [4.78, 5) is 41.5. The monoisotopic (exact) mass is 527 g/mol. The molecule has 9 nitrogen and oxygen atoms in total. The maximum absolute atomic E-state index is 14.0. The zero-order valence-electron chi connectivity index (χ0n) is 22.6. The Bertz CT molecular complexity index is 1130. The van der Waals surface area contributed by atoms with E-state index >= 15 is 0 Å². The van der Waals surface area contributed by atoms with Crippen LogP contribution in [0.5, 0.6) is 0 Å². The molecule has 1 fully saturated rings. The Morgan fingerprint density at radius 2 is 1.95 bits per heavy atom. The van der Waals surface area contributed by atoms with Gasteiger partial charge in [0.25, 0.3) is 0 Å². The highest BCUT2D eigenvalue weighted by atomic mass is 32.2. The number of ether oxygens (including phenoxy) is 2. The molecule has 200 valence electrons. The quantitative estimate of drug-likeness (QED) is 0.377. The minimum atomic E-state index is -0.588. The first-order valence-electron chi connectivity index (χ1n) is 12.9. The summed E-state index contributed by atoms with van der Waals surface area (Å²) in [6.45, 7) is 11.6. The molecule has 0 N–H and O–H groups in total. The molecule has 2 aromatic rings. The third-order valence-electron chi connectivity index (χ3n) is 6.50. The van der Waals surface area contributed by atoms with Crippen LogP contribution < -0.4 is 9.80 Å². The predicted octanol–water partition coefficient (Wildman–Crippen LogP) is 5.64. The fourth-order valence-corrected chi connectivity index (χ4v) is 5.29. The van der Waals surface area contributed by atoms with Crippen LogP contribution in [0.3, 0.4) is 0 Å². The van der Waals surface area contributed by atoms with Crippen molar-refractivity contribution in [3.8, 4) is 0 Å². The molecule has 0 radical (unpaired) electrons. The van der Waals surface area contributed by atoms with Gasteiger partial charge in [-0.15, -0.1) is 0 Å². The van der Waals surface area contributed by atoms with E-state index in [1.807, 2.05) is 76.2 Å². The molecule has 0 spiro atoms. The number of fused-ring (bicyclic) bond motifs is 2. The maximum atomic E-state index is 14.0. The van der Waals surface area contributed by atoms with Crippen molar-refractivity contribution in [1.29, 1.82) is 0 Å². The molecule has 1 aromatic carbocycles. The highest BCUT2D eigenvalue weighted by Crippen LogP contribution is 2.42. The Kier molecular flexibility index (Phi) is 8.28. The van der Waals surface area contributed by atoms with E-state index in [0.29, 0.717) is 43.7 Å². The number of para-hydroxylation sites is 1. The number of urea groups is 1. The van der Waals surface area contributed by atoms with Crippen molar-refractivity contribution in [2.75, 3.05) is 35.8 Å². The number of amides is 3. The minimum absolute atomic E-state index is 0.0641. The average molecular weight is 528 g/mol. The normalized spacial score (nSPS) is 21.1.